The van der Waals surface area contributed by atoms with Gasteiger partial charge in [0.15, 0.2) is 5.88 Å². The minimum Gasteiger partial charge on any atom is -0.441 e. The van der Waals surface area contributed by atoms with E-state index in [-0.39, 0.29) is 5.57 Å². The molecule has 0 unspecified atom stereocenters. The Balaban J connectivity index is 1.75. The van der Waals surface area contributed by atoms with Crippen LogP contribution >= 0.6 is 0 Å². The highest BCUT2D eigenvalue weighted by Gasteiger charge is 2.16. The number of carbonyl (C=O) groups is 1. The van der Waals surface area contributed by atoms with Crippen molar-refractivity contribution < 1.29 is 9.21 Å². The molecule has 2 heterocycles. The number of piperidine rings is 1. The van der Waals surface area contributed by atoms with Crippen LogP contribution in [0.1, 0.15) is 36.1 Å². The largest absolute Gasteiger partial charge is 0.441 e. The van der Waals surface area contributed by atoms with Crippen LogP contribution in [0.3, 0.4) is 0 Å². The monoisotopic (exact) mass is 349 g/mol. The van der Waals surface area contributed by atoms with Gasteiger partial charge in [0.25, 0.3) is 5.91 Å². The Morgan fingerprint density at radius 2 is 1.96 bits per heavy atom. The third kappa shape index (κ3) is 4.15. The summed E-state index contributed by atoms with van der Waals surface area (Å²) in [7, 11) is 0. The molecule has 3 rings (SSSR count). The van der Waals surface area contributed by atoms with E-state index in [9.17, 15) is 10.1 Å². The standard InChI is InChI=1S/C21H23N3O2/c1-15-6-7-16(2)19(12-15)23-21(25)17(14-22)13-18-8-9-20(26-18)24-10-4-3-5-11-24/h6-9,12-13H,3-5,10-11H2,1-2H3,(H,23,25)/b17-13+. The van der Waals surface area contributed by atoms with Gasteiger partial charge in [-0.1, -0.05) is 12.1 Å². The van der Waals surface area contributed by atoms with Gasteiger partial charge in [-0.25, -0.2) is 0 Å². The molecule has 1 aromatic heterocycles. The van der Waals surface area contributed by atoms with E-state index in [1.54, 1.807) is 6.07 Å². The number of nitriles is 1. The zero-order valence-corrected chi connectivity index (χ0v) is 15.2. The maximum Gasteiger partial charge on any atom is 0.266 e. The number of carbonyl (C=O) groups excluding carboxylic acids is 1. The predicted molar refractivity (Wildman–Crippen MR) is 103 cm³/mol. The molecule has 5 heteroatoms. The van der Waals surface area contributed by atoms with E-state index in [4.69, 9.17) is 4.42 Å². The lowest BCUT2D eigenvalue weighted by Crippen LogP contribution is -2.28. The van der Waals surface area contributed by atoms with Gasteiger partial charge in [-0.15, -0.1) is 0 Å². The van der Waals surface area contributed by atoms with Crippen molar-refractivity contribution in [3.05, 3.63) is 52.8 Å². The van der Waals surface area contributed by atoms with E-state index in [0.717, 1.165) is 42.9 Å². The highest BCUT2D eigenvalue weighted by Crippen LogP contribution is 2.24. The molecule has 1 fully saturated rings. The van der Waals surface area contributed by atoms with Gasteiger partial charge in [0.05, 0.1) is 0 Å². The summed E-state index contributed by atoms with van der Waals surface area (Å²) in [6.45, 7) is 5.84. The Bertz CT molecular complexity index is 868. The van der Waals surface area contributed by atoms with E-state index < -0.39 is 5.91 Å². The molecule has 26 heavy (non-hydrogen) atoms. The molecule has 1 aromatic carbocycles. The van der Waals surface area contributed by atoms with E-state index in [0.29, 0.717) is 11.4 Å². The molecule has 1 aliphatic heterocycles. The summed E-state index contributed by atoms with van der Waals surface area (Å²) < 4.78 is 5.82. The van der Waals surface area contributed by atoms with Gasteiger partial charge in [-0.2, -0.15) is 5.26 Å². The van der Waals surface area contributed by atoms with E-state index in [1.807, 2.05) is 44.2 Å². The molecule has 1 aliphatic rings. The molecule has 0 aliphatic carbocycles. The lowest BCUT2D eigenvalue weighted by molar-refractivity contribution is -0.112. The summed E-state index contributed by atoms with van der Waals surface area (Å²) in [6, 6.07) is 11.5. The second-order valence-corrected chi connectivity index (χ2v) is 6.67. The van der Waals surface area contributed by atoms with Crippen molar-refractivity contribution in [2.24, 2.45) is 0 Å². The van der Waals surface area contributed by atoms with Gasteiger partial charge < -0.3 is 14.6 Å². The normalized spacial score (nSPS) is 14.8. The van der Waals surface area contributed by atoms with Crippen LogP contribution < -0.4 is 10.2 Å². The molecule has 2 aromatic rings. The van der Waals surface area contributed by atoms with Crippen LogP contribution in [0.25, 0.3) is 6.08 Å². The third-order valence-corrected chi connectivity index (χ3v) is 4.57. The number of amides is 1. The van der Waals surface area contributed by atoms with Crippen LogP contribution in [-0.4, -0.2) is 19.0 Å². The molecule has 0 radical (unpaired) electrons. The number of anilines is 2. The second kappa shape index (κ2) is 7.92. The van der Waals surface area contributed by atoms with Gasteiger partial charge >= 0.3 is 0 Å². The Kier molecular flexibility index (Phi) is 5.43. The van der Waals surface area contributed by atoms with Crippen molar-refractivity contribution in [1.29, 1.82) is 5.26 Å². The van der Waals surface area contributed by atoms with Crippen molar-refractivity contribution in [2.75, 3.05) is 23.3 Å². The zero-order valence-electron chi connectivity index (χ0n) is 15.2. The lowest BCUT2D eigenvalue weighted by Gasteiger charge is -2.25. The van der Waals surface area contributed by atoms with Crippen molar-refractivity contribution in [3.63, 3.8) is 0 Å². The van der Waals surface area contributed by atoms with Gasteiger partial charge in [-0.3, -0.25) is 4.79 Å². The van der Waals surface area contributed by atoms with Crippen molar-refractivity contribution in [1.82, 2.24) is 0 Å². The number of benzene rings is 1. The summed E-state index contributed by atoms with van der Waals surface area (Å²) in [5.74, 6) is 0.874. The molecule has 0 spiro atoms. The highest BCUT2D eigenvalue weighted by molar-refractivity contribution is 6.09. The number of nitrogens with one attached hydrogen (secondary N) is 1. The van der Waals surface area contributed by atoms with Crippen LogP contribution in [0.15, 0.2) is 40.3 Å². The molecule has 0 atom stereocenters. The average molecular weight is 349 g/mol. The first kappa shape index (κ1) is 17.8. The lowest BCUT2D eigenvalue weighted by atomic mass is 10.1. The first-order valence-electron chi connectivity index (χ1n) is 8.92. The van der Waals surface area contributed by atoms with Crippen LogP contribution in [0.2, 0.25) is 0 Å². The Morgan fingerprint density at radius 1 is 1.19 bits per heavy atom. The average Bonchev–Trinajstić information content (AvgIpc) is 3.12. The number of rotatable bonds is 4. The molecule has 134 valence electrons. The van der Waals surface area contributed by atoms with Crippen LogP contribution in [-0.2, 0) is 4.79 Å². The maximum absolute atomic E-state index is 12.5. The zero-order chi connectivity index (χ0) is 18.5. The highest BCUT2D eigenvalue weighted by atomic mass is 16.4. The summed E-state index contributed by atoms with van der Waals surface area (Å²) in [4.78, 5) is 14.7. The SMILES string of the molecule is Cc1ccc(C)c(NC(=O)/C(C#N)=C/c2ccc(N3CCCCC3)o2)c1. The molecule has 1 saturated heterocycles. The summed E-state index contributed by atoms with van der Waals surface area (Å²) in [6.07, 6.45) is 5.07. The fraction of sp³-hybridized carbons (Fsp3) is 0.333. The van der Waals surface area contributed by atoms with Crippen molar-refractivity contribution >= 4 is 23.6 Å². The summed E-state index contributed by atoms with van der Waals surface area (Å²) in [5.41, 5.74) is 2.73. The minimum atomic E-state index is -0.433. The number of furan rings is 1. The quantitative estimate of drug-likeness (QED) is 0.655. The fourth-order valence-corrected chi connectivity index (χ4v) is 3.06. The molecule has 5 nitrogen and oxygen atoms in total. The van der Waals surface area contributed by atoms with Crippen molar-refractivity contribution in [3.8, 4) is 6.07 Å². The molecule has 0 bridgehead atoms. The number of hydrogen-bond donors (Lipinski definition) is 1. The number of nitrogens with zero attached hydrogens (tertiary/aromatic N) is 2. The number of aryl methyl sites for hydroxylation is 2. The van der Waals surface area contributed by atoms with Gasteiger partial charge in [0, 0.05) is 30.9 Å². The molecule has 1 amide bonds. The molecular formula is C21H23N3O2. The van der Waals surface area contributed by atoms with E-state index in [1.165, 1.54) is 12.5 Å². The summed E-state index contributed by atoms with van der Waals surface area (Å²) >= 11 is 0. The van der Waals surface area contributed by atoms with Crippen LogP contribution in [0.5, 0.6) is 0 Å². The smallest absolute Gasteiger partial charge is 0.266 e. The van der Waals surface area contributed by atoms with E-state index in [2.05, 4.69) is 10.2 Å². The first-order valence-corrected chi connectivity index (χ1v) is 8.92. The van der Waals surface area contributed by atoms with E-state index >= 15 is 0 Å². The van der Waals surface area contributed by atoms with Gasteiger partial charge in [-0.05, 0) is 56.4 Å². The Labute approximate surface area is 153 Å². The predicted octanol–water partition coefficient (Wildman–Crippen LogP) is 4.43. The topological polar surface area (TPSA) is 69.3 Å². The molecule has 1 N–H and O–H groups in total. The summed E-state index contributed by atoms with van der Waals surface area (Å²) in [5, 5.41) is 12.2. The van der Waals surface area contributed by atoms with Gasteiger partial charge in [0.2, 0.25) is 0 Å². The maximum atomic E-state index is 12.5. The van der Waals surface area contributed by atoms with Gasteiger partial charge in [0.1, 0.15) is 17.4 Å². The number of hydrogen-bond acceptors (Lipinski definition) is 4. The minimum absolute atomic E-state index is 0.0189. The first-order chi connectivity index (χ1) is 12.6. The third-order valence-electron chi connectivity index (χ3n) is 4.57. The Morgan fingerprint density at radius 3 is 2.69 bits per heavy atom. The second-order valence-electron chi connectivity index (χ2n) is 6.67. The molecule has 0 saturated carbocycles. The fourth-order valence-electron chi connectivity index (χ4n) is 3.06. The van der Waals surface area contributed by atoms with Crippen LogP contribution in [0.4, 0.5) is 11.6 Å². The van der Waals surface area contributed by atoms with Crippen LogP contribution in [0, 0.1) is 25.2 Å². The molecular weight excluding hydrogens is 326 g/mol. The Hall–Kier alpha value is -3.00. The van der Waals surface area contributed by atoms with Crippen molar-refractivity contribution in [2.45, 2.75) is 33.1 Å².